The van der Waals surface area contributed by atoms with Crippen LogP contribution in [0.3, 0.4) is 0 Å². The summed E-state index contributed by atoms with van der Waals surface area (Å²) in [6.07, 6.45) is 1.17. The van der Waals surface area contributed by atoms with Crippen molar-refractivity contribution in [3.05, 3.63) is 22.2 Å². The van der Waals surface area contributed by atoms with E-state index in [2.05, 4.69) is 9.97 Å². The molecular formula is C7H8N4O2S. The zero-order chi connectivity index (χ0) is 10.7. The molecule has 6 nitrogen and oxygen atoms in total. The van der Waals surface area contributed by atoms with Gasteiger partial charge in [-0.25, -0.2) is 4.98 Å². The summed E-state index contributed by atoms with van der Waals surface area (Å²) in [7, 11) is 0. The number of aromatic nitrogens is 2. The maximum atomic E-state index is 10.8. The summed E-state index contributed by atoms with van der Waals surface area (Å²) in [4.78, 5) is 27.7. The Bertz CT molecular complexity index is 440. The van der Waals surface area contributed by atoms with Crippen molar-refractivity contribution in [1.82, 2.24) is 9.97 Å². The number of nitrogens with one attached hydrogen (secondary N) is 1. The minimum atomic E-state index is -0.663. The van der Waals surface area contributed by atoms with Crippen molar-refractivity contribution in [3.63, 3.8) is 0 Å². The quantitative estimate of drug-likeness (QED) is 0.572. The van der Waals surface area contributed by atoms with Crippen molar-refractivity contribution in [3.8, 4) is 0 Å². The average molecular weight is 212 g/mol. The highest BCUT2D eigenvalue weighted by Crippen LogP contribution is 1.99. The molecule has 0 aliphatic heterocycles. The summed E-state index contributed by atoms with van der Waals surface area (Å²) in [6.45, 7) is 0. The highest BCUT2D eigenvalue weighted by atomic mass is 32.1. The van der Waals surface area contributed by atoms with Crippen molar-refractivity contribution in [2.75, 3.05) is 0 Å². The van der Waals surface area contributed by atoms with Gasteiger partial charge in [-0.3, -0.25) is 9.59 Å². The van der Waals surface area contributed by atoms with E-state index in [1.54, 1.807) is 0 Å². The number of carbonyl (C=O) groups is 2. The third kappa shape index (κ3) is 2.36. The molecule has 0 unspecified atom stereocenters. The molecule has 1 heterocycles. The first-order valence-electron chi connectivity index (χ1n) is 3.67. The van der Waals surface area contributed by atoms with Gasteiger partial charge in [0.25, 0.3) is 5.91 Å². The Morgan fingerprint density at radius 3 is 2.57 bits per heavy atom. The van der Waals surface area contributed by atoms with Crippen LogP contribution in [0.15, 0.2) is 6.20 Å². The predicted octanol–water partition coefficient (Wildman–Crippen LogP) is -0.734. The number of aromatic amines is 1. The van der Waals surface area contributed by atoms with Gasteiger partial charge < -0.3 is 16.5 Å². The van der Waals surface area contributed by atoms with Crippen LogP contribution < -0.4 is 11.5 Å². The molecule has 0 saturated carbocycles. The second kappa shape index (κ2) is 3.97. The minimum absolute atomic E-state index is 0.0529. The highest BCUT2D eigenvalue weighted by molar-refractivity contribution is 7.71. The van der Waals surface area contributed by atoms with Crippen LogP contribution in [0.5, 0.6) is 0 Å². The number of hydrogen-bond donors (Lipinski definition) is 3. The van der Waals surface area contributed by atoms with Crippen LogP contribution in [0.4, 0.5) is 0 Å². The van der Waals surface area contributed by atoms with Gasteiger partial charge in [-0.05, 0) is 0 Å². The van der Waals surface area contributed by atoms with E-state index in [4.69, 9.17) is 23.7 Å². The molecular weight excluding hydrogens is 204 g/mol. The van der Waals surface area contributed by atoms with Crippen LogP contribution in [0.25, 0.3) is 0 Å². The van der Waals surface area contributed by atoms with E-state index >= 15 is 0 Å². The van der Waals surface area contributed by atoms with E-state index in [1.165, 1.54) is 6.20 Å². The molecule has 2 amide bonds. The van der Waals surface area contributed by atoms with Gasteiger partial charge in [0, 0.05) is 6.20 Å². The lowest BCUT2D eigenvalue weighted by atomic mass is 10.3. The topological polar surface area (TPSA) is 115 Å². The molecule has 0 spiro atoms. The molecule has 14 heavy (non-hydrogen) atoms. The molecule has 0 bridgehead atoms. The number of nitrogens with zero attached hydrogens (tertiary/aromatic N) is 1. The van der Waals surface area contributed by atoms with E-state index in [1.807, 2.05) is 0 Å². The second-order valence-electron chi connectivity index (χ2n) is 2.58. The summed E-state index contributed by atoms with van der Waals surface area (Å²) in [5.74, 6) is -0.883. The zero-order valence-electron chi connectivity index (χ0n) is 7.11. The number of amides is 2. The number of nitrogens with two attached hydrogens (primary N) is 2. The molecule has 1 aromatic heterocycles. The number of primary amides is 2. The van der Waals surface area contributed by atoms with Crippen molar-refractivity contribution in [2.45, 2.75) is 6.42 Å². The summed E-state index contributed by atoms with van der Waals surface area (Å²) >= 11 is 4.82. The Labute approximate surface area is 84.3 Å². The fourth-order valence-electron chi connectivity index (χ4n) is 0.862. The Balaban J connectivity index is 3.07. The van der Waals surface area contributed by atoms with Crippen LogP contribution in [-0.2, 0) is 11.2 Å². The van der Waals surface area contributed by atoms with E-state index in [9.17, 15) is 9.59 Å². The molecule has 74 valence electrons. The lowest BCUT2D eigenvalue weighted by Crippen LogP contribution is -2.18. The van der Waals surface area contributed by atoms with Crippen LogP contribution >= 0.6 is 12.2 Å². The molecule has 0 saturated heterocycles. The molecule has 0 radical (unpaired) electrons. The van der Waals surface area contributed by atoms with Gasteiger partial charge in [-0.1, -0.05) is 12.2 Å². The van der Waals surface area contributed by atoms with Gasteiger partial charge in [-0.15, -0.1) is 0 Å². The Morgan fingerprint density at radius 2 is 2.14 bits per heavy atom. The summed E-state index contributed by atoms with van der Waals surface area (Å²) < 4.78 is 0.156. The standard InChI is InChI=1S/C7H8N4O2S/c8-4(12)1-5-10-2-3(6(9)13)7(14)11-5/h2H,1H2,(H2,8,12)(H2,9,13)(H,10,11,14). The summed E-state index contributed by atoms with van der Waals surface area (Å²) in [5, 5.41) is 0. The van der Waals surface area contributed by atoms with E-state index in [0.717, 1.165) is 0 Å². The van der Waals surface area contributed by atoms with Crippen LogP contribution in [0, 0.1) is 4.64 Å². The number of rotatable bonds is 3. The van der Waals surface area contributed by atoms with Crippen LogP contribution in [0.2, 0.25) is 0 Å². The van der Waals surface area contributed by atoms with Crippen LogP contribution in [-0.4, -0.2) is 21.8 Å². The van der Waals surface area contributed by atoms with E-state index < -0.39 is 11.8 Å². The molecule has 5 N–H and O–H groups in total. The second-order valence-corrected chi connectivity index (χ2v) is 2.99. The molecule has 1 aromatic rings. The van der Waals surface area contributed by atoms with Gasteiger partial charge in [0.2, 0.25) is 5.91 Å². The van der Waals surface area contributed by atoms with E-state index in [-0.39, 0.29) is 16.6 Å². The maximum absolute atomic E-state index is 10.8. The molecule has 0 aliphatic carbocycles. The maximum Gasteiger partial charge on any atom is 0.253 e. The minimum Gasteiger partial charge on any atom is -0.369 e. The third-order valence-corrected chi connectivity index (χ3v) is 1.78. The average Bonchev–Trinajstić information content (AvgIpc) is 2.01. The van der Waals surface area contributed by atoms with Crippen molar-refractivity contribution in [1.29, 1.82) is 0 Å². The Morgan fingerprint density at radius 1 is 1.50 bits per heavy atom. The van der Waals surface area contributed by atoms with Crippen LogP contribution in [0.1, 0.15) is 16.2 Å². The summed E-state index contributed by atoms with van der Waals surface area (Å²) in [6, 6.07) is 0. The number of H-pyrrole nitrogens is 1. The molecule has 1 rings (SSSR count). The van der Waals surface area contributed by atoms with Gasteiger partial charge in [0.1, 0.15) is 10.5 Å². The number of carbonyl (C=O) groups excluding carboxylic acids is 2. The lowest BCUT2D eigenvalue weighted by Gasteiger charge is -1.99. The largest absolute Gasteiger partial charge is 0.369 e. The lowest BCUT2D eigenvalue weighted by molar-refractivity contribution is -0.117. The van der Waals surface area contributed by atoms with Crippen molar-refractivity contribution in [2.24, 2.45) is 11.5 Å². The molecule has 0 atom stereocenters. The van der Waals surface area contributed by atoms with Gasteiger partial charge >= 0.3 is 0 Å². The highest BCUT2D eigenvalue weighted by Gasteiger charge is 2.06. The van der Waals surface area contributed by atoms with E-state index in [0.29, 0.717) is 5.82 Å². The molecule has 0 aliphatic rings. The summed E-state index contributed by atoms with van der Waals surface area (Å²) in [5.41, 5.74) is 10.1. The molecule has 0 aromatic carbocycles. The fourth-order valence-corrected chi connectivity index (χ4v) is 1.13. The van der Waals surface area contributed by atoms with Crippen molar-refractivity contribution < 1.29 is 9.59 Å². The predicted molar refractivity (Wildman–Crippen MR) is 50.8 cm³/mol. The fraction of sp³-hybridized carbons (Fsp3) is 0.143. The number of hydrogen-bond acceptors (Lipinski definition) is 4. The first-order valence-corrected chi connectivity index (χ1v) is 4.08. The van der Waals surface area contributed by atoms with Gasteiger partial charge in [0.15, 0.2) is 0 Å². The Kier molecular flexibility index (Phi) is 2.92. The molecule has 0 fully saturated rings. The third-order valence-electron chi connectivity index (χ3n) is 1.46. The first kappa shape index (κ1) is 10.3. The Hall–Kier alpha value is -1.76. The zero-order valence-corrected chi connectivity index (χ0v) is 7.93. The van der Waals surface area contributed by atoms with Gasteiger partial charge in [0.05, 0.1) is 12.0 Å². The monoisotopic (exact) mass is 212 g/mol. The normalized spacial score (nSPS) is 9.71. The SMILES string of the molecule is NC(=O)Cc1ncc(C(N)=O)c(=S)[nH]1. The van der Waals surface area contributed by atoms with Crippen molar-refractivity contribution >= 4 is 24.0 Å². The molecule has 7 heteroatoms. The smallest absolute Gasteiger partial charge is 0.253 e. The first-order chi connectivity index (χ1) is 6.50. The van der Waals surface area contributed by atoms with Gasteiger partial charge in [-0.2, -0.15) is 0 Å².